The van der Waals surface area contributed by atoms with Gasteiger partial charge in [-0.05, 0) is 24.3 Å². The molecule has 4 rings (SSSR count). The van der Waals surface area contributed by atoms with E-state index in [0.29, 0.717) is 11.6 Å². The summed E-state index contributed by atoms with van der Waals surface area (Å²) in [7, 11) is 1.98. The van der Waals surface area contributed by atoms with E-state index in [9.17, 15) is 4.79 Å². The van der Waals surface area contributed by atoms with E-state index in [-0.39, 0.29) is 0 Å². The highest BCUT2D eigenvalue weighted by molar-refractivity contribution is 6.13. The Kier molecular flexibility index (Phi) is 3.08. The summed E-state index contributed by atoms with van der Waals surface area (Å²) in [6.45, 7) is 0. The van der Waals surface area contributed by atoms with Crippen molar-refractivity contribution >= 4 is 28.8 Å². The van der Waals surface area contributed by atoms with E-state index in [0.717, 1.165) is 22.0 Å². The molecule has 4 nitrogen and oxygen atoms in total. The molecular formula is C19H14N2O2. The van der Waals surface area contributed by atoms with Gasteiger partial charge in [0, 0.05) is 35.3 Å². The number of cyclic esters (lactones) is 1. The number of rotatable bonds is 2. The molecule has 1 aromatic heterocycles. The van der Waals surface area contributed by atoms with Crippen LogP contribution >= 0.6 is 0 Å². The van der Waals surface area contributed by atoms with Crippen molar-refractivity contribution in [1.29, 1.82) is 0 Å². The highest BCUT2D eigenvalue weighted by Crippen LogP contribution is 2.25. The van der Waals surface area contributed by atoms with E-state index in [4.69, 9.17) is 4.74 Å². The van der Waals surface area contributed by atoms with Crippen LogP contribution in [0.25, 0.3) is 17.0 Å². The second-order valence-corrected chi connectivity index (χ2v) is 5.41. The zero-order valence-corrected chi connectivity index (χ0v) is 12.6. The zero-order chi connectivity index (χ0) is 15.8. The lowest BCUT2D eigenvalue weighted by Crippen LogP contribution is -2.04. The summed E-state index contributed by atoms with van der Waals surface area (Å²) in [5.74, 6) is -0.0705. The number of hydrogen-bond acceptors (Lipinski definition) is 3. The van der Waals surface area contributed by atoms with Crippen molar-refractivity contribution < 1.29 is 9.53 Å². The van der Waals surface area contributed by atoms with Crippen LogP contribution in [0.15, 0.2) is 71.5 Å². The maximum absolute atomic E-state index is 12.1. The van der Waals surface area contributed by atoms with Crippen LogP contribution in [0.3, 0.4) is 0 Å². The van der Waals surface area contributed by atoms with E-state index in [1.54, 1.807) is 6.08 Å². The number of carbonyl (C=O) groups excluding carboxylic acids is 1. The Morgan fingerprint density at radius 1 is 1.04 bits per heavy atom. The summed E-state index contributed by atoms with van der Waals surface area (Å²) >= 11 is 0. The largest absolute Gasteiger partial charge is 0.402 e. The lowest BCUT2D eigenvalue weighted by molar-refractivity contribution is -0.129. The van der Waals surface area contributed by atoms with E-state index >= 15 is 0 Å². The standard InChI is InChI=1S/C19H14N2O2/c1-21-12-14(15-9-5-6-10-17(15)21)11-16-19(22)23-18(20-16)13-7-3-2-4-8-13/h2-12H,1H3/b16-11-. The Bertz CT molecular complexity index is 965. The van der Waals surface area contributed by atoms with Crippen LogP contribution in [0.1, 0.15) is 11.1 Å². The molecule has 0 unspecified atom stereocenters. The predicted octanol–water partition coefficient (Wildman–Crippen LogP) is 3.52. The molecule has 3 aromatic rings. The minimum Gasteiger partial charge on any atom is -0.402 e. The maximum Gasteiger partial charge on any atom is 0.363 e. The van der Waals surface area contributed by atoms with Gasteiger partial charge in [-0.15, -0.1) is 0 Å². The summed E-state index contributed by atoms with van der Waals surface area (Å²) < 4.78 is 7.32. The monoisotopic (exact) mass is 302 g/mol. The first-order chi connectivity index (χ1) is 11.2. The molecule has 2 heterocycles. The molecule has 0 bridgehead atoms. The molecule has 1 aliphatic rings. The molecule has 2 aromatic carbocycles. The third kappa shape index (κ3) is 2.34. The van der Waals surface area contributed by atoms with Crippen LogP contribution in [0.2, 0.25) is 0 Å². The summed E-state index contributed by atoms with van der Waals surface area (Å²) in [6.07, 6.45) is 3.77. The molecule has 0 saturated heterocycles. The fraction of sp³-hybridized carbons (Fsp3) is 0.0526. The zero-order valence-electron chi connectivity index (χ0n) is 12.6. The van der Waals surface area contributed by atoms with E-state index in [1.165, 1.54) is 0 Å². The van der Waals surface area contributed by atoms with Crippen LogP contribution in [-0.2, 0) is 16.6 Å². The Morgan fingerprint density at radius 2 is 1.78 bits per heavy atom. The Balaban J connectivity index is 1.79. The summed E-state index contributed by atoms with van der Waals surface area (Å²) in [5.41, 5.74) is 3.17. The van der Waals surface area contributed by atoms with Gasteiger partial charge in [0.25, 0.3) is 0 Å². The van der Waals surface area contributed by atoms with Crippen molar-refractivity contribution in [2.24, 2.45) is 12.0 Å². The van der Waals surface area contributed by atoms with Crippen molar-refractivity contribution in [3.05, 3.63) is 77.6 Å². The third-order valence-electron chi connectivity index (χ3n) is 3.86. The lowest BCUT2D eigenvalue weighted by atomic mass is 10.1. The number of esters is 1. The van der Waals surface area contributed by atoms with Crippen molar-refractivity contribution in [2.75, 3.05) is 0 Å². The van der Waals surface area contributed by atoms with Gasteiger partial charge in [-0.25, -0.2) is 9.79 Å². The molecule has 0 spiro atoms. The highest BCUT2D eigenvalue weighted by atomic mass is 16.6. The average Bonchev–Trinajstić information content (AvgIpc) is 3.10. The SMILES string of the molecule is Cn1cc(/C=C2\N=C(c3ccccc3)OC2=O)c2ccccc21. The molecule has 0 fully saturated rings. The summed E-state index contributed by atoms with van der Waals surface area (Å²) in [5, 5.41) is 1.08. The predicted molar refractivity (Wildman–Crippen MR) is 90.0 cm³/mol. The van der Waals surface area contributed by atoms with Gasteiger partial charge in [0.2, 0.25) is 5.90 Å². The minimum atomic E-state index is -0.420. The van der Waals surface area contributed by atoms with Gasteiger partial charge in [0.1, 0.15) is 0 Å². The van der Waals surface area contributed by atoms with Crippen molar-refractivity contribution in [2.45, 2.75) is 0 Å². The van der Waals surface area contributed by atoms with Gasteiger partial charge >= 0.3 is 5.97 Å². The number of carbonyl (C=O) groups is 1. The van der Waals surface area contributed by atoms with Gasteiger partial charge in [0.15, 0.2) is 5.70 Å². The molecule has 0 saturated carbocycles. The first-order valence-electron chi connectivity index (χ1n) is 7.34. The number of aryl methyl sites for hydroxylation is 1. The molecule has 0 radical (unpaired) electrons. The maximum atomic E-state index is 12.1. The minimum absolute atomic E-state index is 0.320. The number of para-hydroxylation sites is 1. The van der Waals surface area contributed by atoms with Crippen molar-refractivity contribution in [3.63, 3.8) is 0 Å². The topological polar surface area (TPSA) is 43.6 Å². The van der Waals surface area contributed by atoms with E-state index in [1.807, 2.05) is 72.4 Å². The summed E-state index contributed by atoms with van der Waals surface area (Å²) in [4.78, 5) is 16.4. The van der Waals surface area contributed by atoms with E-state index < -0.39 is 5.97 Å². The Labute approximate surface area is 133 Å². The summed E-state index contributed by atoms with van der Waals surface area (Å²) in [6, 6.07) is 17.5. The van der Waals surface area contributed by atoms with Crippen molar-refractivity contribution in [3.8, 4) is 0 Å². The van der Waals surface area contributed by atoms with Crippen LogP contribution in [0.5, 0.6) is 0 Å². The van der Waals surface area contributed by atoms with Gasteiger partial charge in [-0.1, -0.05) is 36.4 Å². The third-order valence-corrected chi connectivity index (χ3v) is 3.86. The molecule has 0 N–H and O–H groups in total. The molecule has 112 valence electrons. The fourth-order valence-corrected chi connectivity index (χ4v) is 2.75. The lowest BCUT2D eigenvalue weighted by Gasteiger charge is -1.97. The highest BCUT2D eigenvalue weighted by Gasteiger charge is 2.24. The molecule has 0 atom stereocenters. The van der Waals surface area contributed by atoms with Crippen molar-refractivity contribution in [1.82, 2.24) is 4.57 Å². The number of fused-ring (bicyclic) bond motifs is 1. The number of aromatic nitrogens is 1. The van der Waals surface area contributed by atoms with Crippen LogP contribution in [0.4, 0.5) is 0 Å². The first kappa shape index (κ1) is 13.5. The van der Waals surface area contributed by atoms with Crippen LogP contribution < -0.4 is 0 Å². The number of benzene rings is 2. The van der Waals surface area contributed by atoms with Crippen LogP contribution in [0, 0.1) is 0 Å². The smallest absolute Gasteiger partial charge is 0.363 e. The molecule has 0 aliphatic carbocycles. The second kappa shape index (κ2) is 5.25. The van der Waals surface area contributed by atoms with Gasteiger partial charge in [0.05, 0.1) is 0 Å². The van der Waals surface area contributed by atoms with Gasteiger partial charge in [-0.3, -0.25) is 0 Å². The number of nitrogens with zero attached hydrogens (tertiary/aromatic N) is 2. The molecule has 1 aliphatic heterocycles. The molecule has 0 amide bonds. The molecular weight excluding hydrogens is 288 g/mol. The quantitative estimate of drug-likeness (QED) is 0.537. The molecule has 4 heteroatoms. The molecule has 23 heavy (non-hydrogen) atoms. The van der Waals surface area contributed by atoms with Gasteiger partial charge < -0.3 is 9.30 Å². The average molecular weight is 302 g/mol. The first-order valence-corrected chi connectivity index (χ1v) is 7.34. The van der Waals surface area contributed by atoms with Gasteiger partial charge in [-0.2, -0.15) is 0 Å². The second-order valence-electron chi connectivity index (χ2n) is 5.41. The fourth-order valence-electron chi connectivity index (χ4n) is 2.75. The number of ether oxygens (including phenoxy) is 1. The number of hydrogen-bond donors (Lipinski definition) is 0. The van der Waals surface area contributed by atoms with Crippen LogP contribution in [-0.4, -0.2) is 16.4 Å². The Hall–Kier alpha value is -3.14. The normalized spacial score (nSPS) is 16.0. The number of aliphatic imine (C=N–C) groups is 1. The van der Waals surface area contributed by atoms with E-state index in [2.05, 4.69) is 4.99 Å². The Morgan fingerprint density at radius 3 is 2.61 bits per heavy atom.